The van der Waals surface area contributed by atoms with Crippen molar-refractivity contribution in [1.29, 1.82) is 0 Å². The summed E-state index contributed by atoms with van der Waals surface area (Å²) in [5, 5.41) is 0. The number of para-hydroxylation sites is 2. The molecule has 0 fully saturated rings. The van der Waals surface area contributed by atoms with Gasteiger partial charge >= 0.3 is 0 Å². The van der Waals surface area contributed by atoms with Gasteiger partial charge in [-0.15, -0.1) is 0 Å². The second-order valence-electron chi connectivity index (χ2n) is 6.60. The van der Waals surface area contributed by atoms with Gasteiger partial charge in [-0.2, -0.15) is 0 Å². The molecular formula is C22H24N4O3. The summed E-state index contributed by atoms with van der Waals surface area (Å²) in [6.45, 7) is 2.46. The zero-order valence-electron chi connectivity index (χ0n) is 16.8. The second-order valence-corrected chi connectivity index (χ2v) is 6.60. The van der Waals surface area contributed by atoms with Crippen molar-refractivity contribution in [3.05, 3.63) is 65.9 Å². The summed E-state index contributed by atoms with van der Waals surface area (Å²) in [5.41, 5.74) is 7.92. The van der Waals surface area contributed by atoms with E-state index in [0.29, 0.717) is 41.5 Å². The highest BCUT2D eigenvalue weighted by Gasteiger charge is 2.22. The first-order valence-corrected chi connectivity index (χ1v) is 9.23. The van der Waals surface area contributed by atoms with Crippen LogP contribution in [0.4, 0.5) is 5.95 Å². The Hall–Kier alpha value is -3.61. The maximum Gasteiger partial charge on any atom is 0.257 e. The number of hydrogen-bond acceptors (Lipinski definition) is 6. The number of aromatic nitrogens is 2. The summed E-state index contributed by atoms with van der Waals surface area (Å²) in [4.78, 5) is 22.7. The van der Waals surface area contributed by atoms with E-state index in [2.05, 4.69) is 9.97 Å². The van der Waals surface area contributed by atoms with Crippen molar-refractivity contribution in [1.82, 2.24) is 14.9 Å². The maximum atomic E-state index is 12.7. The van der Waals surface area contributed by atoms with E-state index < -0.39 is 0 Å². The van der Waals surface area contributed by atoms with Gasteiger partial charge < -0.3 is 20.1 Å². The summed E-state index contributed by atoms with van der Waals surface area (Å²) in [5.74, 6) is 1.28. The SMILES string of the molecule is Cc1nc(N)nc(-c2ccccc2OCCOc2ccccc2)c1C(=O)N(C)C. The summed E-state index contributed by atoms with van der Waals surface area (Å²) < 4.78 is 11.6. The number of nitrogens with zero attached hydrogens (tertiary/aromatic N) is 3. The highest BCUT2D eigenvalue weighted by Crippen LogP contribution is 2.32. The average Bonchev–Trinajstić information content (AvgIpc) is 2.71. The van der Waals surface area contributed by atoms with Crippen LogP contribution < -0.4 is 15.2 Å². The number of nitrogen functional groups attached to an aromatic ring is 1. The molecule has 3 aromatic rings. The van der Waals surface area contributed by atoms with E-state index in [-0.39, 0.29) is 11.9 Å². The van der Waals surface area contributed by atoms with Crippen LogP contribution >= 0.6 is 0 Å². The first-order valence-electron chi connectivity index (χ1n) is 9.23. The lowest BCUT2D eigenvalue weighted by Gasteiger charge is -2.18. The van der Waals surface area contributed by atoms with Gasteiger partial charge in [-0.1, -0.05) is 30.3 Å². The van der Waals surface area contributed by atoms with Crippen LogP contribution in [0.1, 0.15) is 16.1 Å². The third kappa shape index (κ3) is 4.82. The summed E-state index contributed by atoms with van der Waals surface area (Å²) >= 11 is 0. The quantitative estimate of drug-likeness (QED) is 0.621. The van der Waals surface area contributed by atoms with Crippen LogP contribution in [-0.4, -0.2) is 48.1 Å². The molecule has 7 heteroatoms. The van der Waals surface area contributed by atoms with E-state index in [1.165, 1.54) is 4.90 Å². The summed E-state index contributed by atoms with van der Waals surface area (Å²) in [7, 11) is 3.37. The van der Waals surface area contributed by atoms with Crippen molar-refractivity contribution < 1.29 is 14.3 Å². The third-order valence-electron chi connectivity index (χ3n) is 4.22. The van der Waals surface area contributed by atoms with Crippen LogP contribution in [0.5, 0.6) is 11.5 Å². The van der Waals surface area contributed by atoms with Gasteiger partial charge in [0.25, 0.3) is 5.91 Å². The molecule has 1 amide bonds. The van der Waals surface area contributed by atoms with Crippen molar-refractivity contribution in [3.8, 4) is 22.8 Å². The molecule has 7 nitrogen and oxygen atoms in total. The standard InChI is InChI=1S/C22H24N4O3/c1-15-19(21(27)26(2)3)20(25-22(23)24-15)17-11-7-8-12-18(17)29-14-13-28-16-9-5-4-6-10-16/h4-12H,13-14H2,1-3H3,(H2,23,24,25). The van der Waals surface area contributed by atoms with Crippen LogP contribution in [0.2, 0.25) is 0 Å². The minimum absolute atomic E-state index is 0.107. The Balaban J connectivity index is 1.86. The van der Waals surface area contributed by atoms with Gasteiger partial charge in [0.05, 0.1) is 17.0 Å². The molecule has 0 atom stereocenters. The Labute approximate surface area is 170 Å². The van der Waals surface area contributed by atoms with Crippen LogP contribution in [0.15, 0.2) is 54.6 Å². The number of nitrogens with two attached hydrogens (primary N) is 1. The molecule has 0 aliphatic rings. The van der Waals surface area contributed by atoms with Gasteiger partial charge in [0.2, 0.25) is 5.95 Å². The lowest BCUT2D eigenvalue weighted by molar-refractivity contribution is 0.0827. The number of amides is 1. The predicted octanol–water partition coefficient (Wildman–Crippen LogP) is 3.19. The molecular weight excluding hydrogens is 368 g/mol. The van der Waals surface area contributed by atoms with Gasteiger partial charge in [0, 0.05) is 19.7 Å². The highest BCUT2D eigenvalue weighted by molar-refractivity contribution is 6.01. The Morgan fingerprint density at radius 3 is 2.34 bits per heavy atom. The van der Waals surface area contributed by atoms with Crippen molar-refractivity contribution in [2.45, 2.75) is 6.92 Å². The van der Waals surface area contributed by atoms with Crippen LogP contribution in [0, 0.1) is 6.92 Å². The molecule has 1 aromatic heterocycles. The van der Waals surface area contributed by atoms with Crippen molar-refractivity contribution >= 4 is 11.9 Å². The number of carbonyl (C=O) groups is 1. The molecule has 1 heterocycles. The Bertz CT molecular complexity index is 991. The largest absolute Gasteiger partial charge is 0.490 e. The molecule has 2 N–H and O–H groups in total. The number of benzene rings is 2. The summed E-state index contributed by atoms with van der Waals surface area (Å²) in [6.07, 6.45) is 0. The molecule has 0 unspecified atom stereocenters. The lowest BCUT2D eigenvalue weighted by atomic mass is 10.0. The number of carbonyl (C=O) groups excluding carboxylic acids is 1. The smallest absolute Gasteiger partial charge is 0.257 e. The second kappa shape index (κ2) is 9.05. The van der Waals surface area contributed by atoms with Gasteiger partial charge in [-0.3, -0.25) is 4.79 Å². The molecule has 0 aliphatic heterocycles. The van der Waals surface area contributed by atoms with E-state index in [9.17, 15) is 4.79 Å². The summed E-state index contributed by atoms with van der Waals surface area (Å²) in [6, 6.07) is 16.9. The van der Waals surface area contributed by atoms with Gasteiger partial charge in [0.15, 0.2) is 0 Å². The molecule has 0 aliphatic carbocycles. The van der Waals surface area contributed by atoms with E-state index in [4.69, 9.17) is 15.2 Å². The van der Waals surface area contributed by atoms with E-state index in [1.807, 2.05) is 54.6 Å². The van der Waals surface area contributed by atoms with E-state index in [0.717, 1.165) is 5.75 Å². The number of rotatable bonds is 7. The van der Waals surface area contributed by atoms with Crippen molar-refractivity contribution in [3.63, 3.8) is 0 Å². The van der Waals surface area contributed by atoms with Gasteiger partial charge in [0.1, 0.15) is 24.7 Å². The molecule has 0 saturated heterocycles. The van der Waals surface area contributed by atoms with Crippen LogP contribution in [0.25, 0.3) is 11.3 Å². The molecule has 0 radical (unpaired) electrons. The van der Waals surface area contributed by atoms with E-state index >= 15 is 0 Å². The Morgan fingerprint density at radius 2 is 1.62 bits per heavy atom. The minimum Gasteiger partial charge on any atom is -0.490 e. The predicted molar refractivity (Wildman–Crippen MR) is 112 cm³/mol. The van der Waals surface area contributed by atoms with E-state index in [1.54, 1.807) is 21.0 Å². The van der Waals surface area contributed by atoms with Crippen LogP contribution in [0.3, 0.4) is 0 Å². The number of hydrogen-bond donors (Lipinski definition) is 1. The fraction of sp³-hybridized carbons (Fsp3) is 0.227. The highest BCUT2D eigenvalue weighted by atomic mass is 16.5. The number of anilines is 1. The molecule has 150 valence electrons. The maximum absolute atomic E-state index is 12.7. The first kappa shape index (κ1) is 20.1. The lowest BCUT2D eigenvalue weighted by Crippen LogP contribution is -2.24. The molecule has 0 saturated carbocycles. The zero-order valence-corrected chi connectivity index (χ0v) is 16.8. The monoisotopic (exact) mass is 392 g/mol. The first-order chi connectivity index (χ1) is 14.0. The topological polar surface area (TPSA) is 90.6 Å². The average molecular weight is 392 g/mol. The molecule has 0 spiro atoms. The van der Waals surface area contributed by atoms with Crippen LogP contribution in [-0.2, 0) is 0 Å². The Morgan fingerprint density at radius 1 is 0.966 bits per heavy atom. The fourth-order valence-electron chi connectivity index (χ4n) is 2.89. The Kier molecular flexibility index (Phi) is 6.29. The number of ether oxygens (including phenoxy) is 2. The van der Waals surface area contributed by atoms with Crippen molar-refractivity contribution in [2.75, 3.05) is 33.0 Å². The van der Waals surface area contributed by atoms with Gasteiger partial charge in [-0.05, 0) is 31.2 Å². The normalized spacial score (nSPS) is 10.4. The van der Waals surface area contributed by atoms with Gasteiger partial charge in [-0.25, -0.2) is 9.97 Å². The minimum atomic E-state index is -0.195. The fourth-order valence-corrected chi connectivity index (χ4v) is 2.89. The molecule has 0 bridgehead atoms. The zero-order chi connectivity index (χ0) is 20.8. The van der Waals surface area contributed by atoms with Crippen molar-refractivity contribution in [2.24, 2.45) is 0 Å². The molecule has 2 aromatic carbocycles. The number of aryl methyl sites for hydroxylation is 1. The molecule has 3 rings (SSSR count). The third-order valence-corrected chi connectivity index (χ3v) is 4.22. The molecule has 29 heavy (non-hydrogen) atoms.